The van der Waals surface area contributed by atoms with Gasteiger partial charge < -0.3 is 42.5 Å². The number of carbonyl (C=O) groups is 5. The second kappa shape index (κ2) is 13.7. The number of nitrogens with two attached hydrogens (primary N) is 2. The Hall–Kier alpha value is -5.17. The molecule has 10 N–H and O–H groups in total. The fourth-order valence-electron chi connectivity index (χ4n) is 4.85. The van der Waals surface area contributed by atoms with Crippen LogP contribution in [0.4, 0.5) is 0 Å². The summed E-state index contributed by atoms with van der Waals surface area (Å²) in [5.41, 5.74) is 14.1. The van der Waals surface area contributed by atoms with E-state index in [1.807, 2.05) is 48.5 Å². The van der Waals surface area contributed by atoms with Crippen LogP contribution < -0.4 is 27.4 Å². The van der Waals surface area contributed by atoms with Crippen LogP contribution in [0.1, 0.15) is 30.9 Å². The lowest BCUT2D eigenvalue weighted by Gasteiger charge is -2.25. The first-order chi connectivity index (χ1) is 20.5. The number of hydrogen-bond donors (Lipinski definition) is 8. The van der Waals surface area contributed by atoms with Gasteiger partial charge in [0, 0.05) is 53.5 Å². The number of aromatic amines is 2. The Morgan fingerprint density at radius 2 is 1.21 bits per heavy atom. The number of aromatic nitrogens is 2. The van der Waals surface area contributed by atoms with Gasteiger partial charge in [-0.1, -0.05) is 36.4 Å². The topological polar surface area (TPSA) is 225 Å². The zero-order chi connectivity index (χ0) is 31.1. The third-order valence-electron chi connectivity index (χ3n) is 7.17. The second-order valence-electron chi connectivity index (χ2n) is 10.4. The number of benzene rings is 2. The van der Waals surface area contributed by atoms with Gasteiger partial charge >= 0.3 is 5.97 Å². The predicted octanol–water partition coefficient (Wildman–Crippen LogP) is 0.586. The van der Waals surface area contributed by atoms with Crippen molar-refractivity contribution in [2.24, 2.45) is 11.5 Å². The average Bonchev–Trinajstić information content (AvgIpc) is 3.58. The molecule has 226 valence electrons. The van der Waals surface area contributed by atoms with E-state index in [-0.39, 0.29) is 25.7 Å². The average molecular weight is 590 g/mol. The monoisotopic (exact) mass is 589 g/mol. The summed E-state index contributed by atoms with van der Waals surface area (Å²) in [6.07, 6.45) is 3.00. The van der Waals surface area contributed by atoms with Crippen molar-refractivity contribution >= 4 is 51.4 Å². The molecular weight excluding hydrogens is 554 g/mol. The summed E-state index contributed by atoms with van der Waals surface area (Å²) < 4.78 is 0. The van der Waals surface area contributed by atoms with E-state index >= 15 is 0 Å². The first kappa shape index (κ1) is 30.8. The fraction of sp³-hybridized carbons (Fsp3) is 0.300. The summed E-state index contributed by atoms with van der Waals surface area (Å²) in [5.74, 6) is -4.09. The van der Waals surface area contributed by atoms with Crippen molar-refractivity contribution in [3.05, 3.63) is 72.1 Å². The molecule has 2 aromatic carbocycles. The quantitative estimate of drug-likeness (QED) is 0.104. The van der Waals surface area contributed by atoms with Crippen LogP contribution in [0.15, 0.2) is 60.9 Å². The summed E-state index contributed by atoms with van der Waals surface area (Å²) >= 11 is 0. The zero-order valence-electron chi connectivity index (χ0n) is 23.6. The number of carboxylic acid groups (broad SMARTS) is 1. The van der Waals surface area contributed by atoms with E-state index in [0.29, 0.717) is 5.56 Å². The number of H-pyrrole nitrogens is 2. The molecule has 0 fully saturated rings. The van der Waals surface area contributed by atoms with E-state index in [0.717, 1.165) is 27.4 Å². The number of carbonyl (C=O) groups excluding carboxylic acids is 4. The van der Waals surface area contributed by atoms with Crippen LogP contribution >= 0.6 is 0 Å². The number of para-hydroxylation sites is 2. The maximum absolute atomic E-state index is 13.6. The molecule has 13 nitrogen and oxygen atoms in total. The number of aliphatic carboxylic acids is 1. The SMILES string of the molecule is CC(N)C(=O)NC(Cc1c[nH]c2ccccc12)C(=O)NC(CCC(N)=O)C(=O)NC(Cc1c[nH]c2ccccc12)C(=O)O. The lowest BCUT2D eigenvalue weighted by atomic mass is 10.0. The Balaban J connectivity index is 1.54. The Bertz CT molecular complexity index is 1640. The van der Waals surface area contributed by atoms with Gasteiger partial charge in [0.05, 0.1) is 6.04 Å². The first-order valence-corrected chi connectivity index (χ1v) is 13.8. The molecule has 43 heavy (non-hydrogen) atoms. The van der Waals surface area contributed by atoms with Gasteiger partial charge in [0.15, 0.2) is 0 Å². The van der Waals surface area contributed by atoms with Gasteiger partial charge in [-0.2, -0.15) is 0 Å². The van der Waals surface area contributed by atoms with Crippen LogP contribution in [0.25, 0.3) is 21.8 Å². The number of fused-ring (bicyclic) bond motifs is 2. The van der Waals surface area contributed by atoms with E-state index in [1.54, 1.807) is 12.4 Å². The van der Waals surface area contributed by atoms with Gasteiger partial charge in [-0.25, -0.2) is 4.79 Å². The number of nitrogens with one attached hydrogen (secondary N) is 5. The predicted molar refractivity (Wildman–Crippen MR) is 160 cm³/mol. The van der Waals surface area contributed by atoms with Crippen LogP contribution in [0.3, 0.4) is 0 Å². The molecule has 4 atom stereocenters. The minimum Gasteiger partial charge on any atom is -0.480 e. The Morgan fingerprint density at radius 3 is 1.72 bits per heavy atom. The van der Waals surface area contributed by atoms with E-state index in [9.17, 15) is 29.1 Å². The van der Waals surface area contributed by atoms with E-state index in [2.05, 4.69) is 25.9 Å². The lowest BCUT2D eigenvalue weighted by molar-refractivity contribution is -0.142. The summed E-state index contributed by atoms with van der Waals surface area (Å²) in [7, 11) is 0. The third kappa shape index (κ3) is 7.77. The number of hydrogen-bond acceptors (Lipinski definition) is 6. The summed E-state index contributed by atoms with van der Waals surface area (Å²) in [6, 6.07) is 10.1. The molecule has 4 aromatic rings. The number of primary amides is 1. The summed E-state index contributed by atoms with van der Waals surface area (Å²) in [4.78, 5) is 69.4. The van der Waals surface area contributed by atoms with Crippen LogP contribution in [0.5, 0.6) is 0 Å². The van der Waals surface area contributed by atoms with Crippen LogP contribution in [-0.4, -0.2) is 68.8 Å². The molecule has 4 rings (SSSR count). The molecule has 0 saturated carbocycles. The third-order valence-corrected chi connectivity index (χ3v) is 7.17. The van der Waals surface area contributed by atoms with Gasteiger partial charge in [-0.3, -0.25) is 19.2 Å². The van der Waals surface area contributed by atoms with Crippen molar-refractivity contribution in [3.8, 4) is 0 Å². The molecule has 0 aliphatic carbocycles. The molecule has 0 aliphatic rings. The van der Waals surface area contributed by atoms with Crippen LogP contribution in [0, 0.1) is 0 Å². The van der Waals surface area contributed by atoms with Crippen molar-refractivity contribution in [1.29, 1.82) is 0 Å². The molecule has 0 spiro atoms. The largest absolute Gasteiger partial charge is 0.480 e. The number of carboxylic acids is 1. The molecule has 0 saturated heterocycles. The van der Waals surface area contributed by atoms with E-state index in [4.69, 9.17) is 11.5 Å². The maximum atomic E-state index is 13.6. The molecule has 4 unspecified atom stereocenters. The van der Waals surface area contributed by atoms with Crippen molar-refractivity contribution in [1.82, 2.24) is 25.9 Å². The van der Waals surface area contributed by atoms with Crippen molar-refractivity contribution in [3.63, 3.8) is 0 Å². The van der Waals surface area contributed by atoms with E-state index in [1.165, 1.54) is 6.92 Å². The molecule has 2 aromatic heterocycles. The smallest absolute Gasteiger partial charge is 0.326 e. The minimum absolute atomic E-state index is 0.0325. The number of rotatable bonds is 14. The molecule has 0 aliphatic heterocycles. The molecule has 0 radical (unpaired) electrons. The molecule has 2 heterocycles. The fourth-order valence-corrected chi connectivity index (χ4v) is 4.85. The first-order valence-electron chi connectivity index (χ1n) is 13.8. The van der Waals surface area contributed by atoms with Crippen LogP contribution in [0.2, 0.25) is 0 Å². The molecule has 13 heteroatoms. The lowest BCUT2D eigenvalue weighted by Crippen LogP contribution is -2.57. The standard InChI is InChI=1S/C30H35N7O6/c1-16(31)27(39)36-24(12-17-14-33-21-8-4-2-6-19(17)21)29(41)35-23(10-11-26(32)38)28(40)37-25(30(42)43)13-18-15-34-22-9-5-3-7-20(18)22/h2-9,14-16,23-25,33-34H,10-13,31H2,1H3,(H2,32,38)(H,35,41)(H,36,39)(H,37,40)(H,42,43). The maximum Gasteiger partial charge on any atom is 0.326 e. The molecule has 4 amide bonds. The molecular formula is C30H35N7O6. The van der Waals surface area contributed by atoms with Crippen LogP contribution in [-0.2, 0) is 36.8 Å². The highest BCUT2D eigenvalue weighted by Gasteiger charge is 2.31. The second-order valence-corrected chi connectivity index (χ2v) is 10.4. The summed E-state index contributed by atoms with van der Waals surface area (Å²) in [6.45, 7) is 1.47. The Kier molecular flexibility index (Phi) is 9.78. The van der Waals surface area contributed by atoms with Gasteiger partial charge in [-0.15, -0.1) is 0 Å². The van der Waals surface area contributed by atoms with E-state index < -0.39 is 53.8 Å². The van der Waals surface area contributed by atoms with Gasteiger partial charge in [0.25, 0.3) is 0 Å². The Morgan fingerprint density at radius 1 is 0.744 bits per heavy atom. The van der Waals surface area contributed by atoms with Gasteiger partial charge in [0.1, 0.15) is 18.1 Å². The van der Waals surface area contributed by atoms with Gasteiger partial charge in [-0.05, 0) is 36.6 Å². The molecule has 0 bridgehead atoms. The van der Waals surface area contributed by atoms with Gasteiger partial charge in [0.2, 0.25) is 23.6 Å². The highest BCUT2D eigenvalue weighted by molar-refractivity contribution is 5.95. The van der Waals surface area contributed by atoms with Crippen molar-refractivity contribution in [2.45, 2.75) is 56.8 Å². The zero-order valence-corrected chi connectivity index (χ0v) is 23.6. The summed E-state index contributed by atoms with van der Waals surface area (Å²) in [5, 5.41) is 19.2. The Labute approximate surface area is 246 Å². The van der Waals surface area contributed by atoms with Crippen molar-refractivity contribution < 1.29 is 29.1 Å². The minimum atomic E-state index is -1.33. The van der Waals surface area contributed by atoms with Crippen molar-refractivity contribution in [2.75, 3.05) is 0 Å². The number of amides is 4. The highest BCUT2D eigenvalue weighted by Crippen LogP contribution is 2.20. The normalized spacial score (nSPS) is 14.0. The highest BCUT2D eigenvalue weighted by atomic mass is 16.4.